The van der Waals surface area contributed by atoms with Gasteiger partial charge >= 0.3 is 0 Å². The molecular weight excluding hydrogens is 158 g/mol. The second kappa shape index (κ2) is 3.22. The average Bonchev–Trinajstić information content (AvgIpc) is 2.60. The Morgan fingerprint density at radius 2 is 2.23 bits per heavy atom. The maximum absolute atomic E-state index is 8.87. The van der Waals surface area contributed by atoms with E-state index in [0.717, 1.165) is 12.8 Å². The van der Waals surface area contributed by atoms with E-state index in [-0.39, 0.29) is 5.92 Å². The first-order chi connectivity index (χ1) is 6.33. The predicted molar refractivity (Wildman–Crippen MR) is 52.3 cm³/mol. The lowest BCUT2D eigenvalue weighted by Crippen LogP contribution is -2.03. The number of hydrogen-bond acceptors (Lipinski definition) is 1. The van der Waals surface area contributed by atoms with Crippen LogP contribution < -0.4 is 0 Å². The molecule has 1 aliphatic rings. The molecule has 1 aromatic rings. The third-order valence-electron chi connectivity index (χ3n) is 2.99. The summed E-state index contributed by atoms with van der Waals surface area (Å²) in [4.78, 5) is 0. The Morgan fingerprint density at radius 3 is 3.00 bits per heavy atom. The van der Waals surface area contributed by atoms with E-state index in [1.165, 1.54) is 11.1 Å². The van der Waals surface area contributed by atoms with Crippen molar-refractivity contribution in [3.05, 3.63) is 35.4 Å². The van der Waals surface area contributed by atoms with Gasteiger partial charge in [0.25, 0.3) is 0 Å². The van der Waals surface area contributed by atoms with Crippen LogP contribution in [0.2, 0.25) is 0 Å². The van der Waals surface area contributed by atoms with Gasteiger partial charge in [0.2, 0.25) is 0 Å². The van der Waals surface area contributed by atoms with Crippen molar-refractivity contribution in [1.82, 2.24) is 0 Å². The molecule has 0 spiro atoms. The Bertz CT molecular complexity index is 348. The fourth-order valence-corrected chi connectivity index (χ4v) is 2.20. The number of nitrogens with zero attached hydrogens (tertiary/aromatic N) is 1. The van der Waals surface area contributed by atoms with Crippen LogP contribution in [-0.2, 0) is 6.42 Å². The molecule has 1 nitrogen and oxygen atoms in total. The number of rotatable bonds is 1. The molecule has 0 radical (unpaired) electrons. The largest absolute Gasteiger partial charge is 0.198 e. The molecule has 0 bridgehead atoms. The predicted octanol–water partition coefficient (Wildman–Crippen LogP) is 2.88. The van der Waals surface area contributed by atoms with Gasteiger partial charge in [-0.1, -0.05) is 24.3 Å². The van der Waals surface area contributed by atoms with Crippen LogP contribution in [0.4, 0.5) is 0 Å². The number of fused-ring (bicyclic) bond motifs is 1. The smallest absolute Gasteiger partial charge is 0.0659 e. The van der Waals surface area contributed by atoms with E-state index in [9.17, 15) is 0 Å². The summed E-state index contributed by atoms with van der Waals surface area (Å²) in [5.41, 5.74) is 2.84. The Labute approximate surface area is 79.0 Å². The average molecular weight is 171 g/mol. The molecular formula is C12H13N. The molecule has 1 aliphatic carbocycles. The Kier molecular flexibility index (Phi) is 2.06. The standard InChI is InChI=1S/C12H13N/c1-9(8-13)11-7-6-10-4-2-3-5-12(10)11/h2-5,9,11H,6-7H2,1H3. The quantitative estimate of drug-likeness (QED) is 0.637. The molecule has 0 aromatic heterocycles. The van der Waals surface area contributed by atoms with Gasteiger partial charge in [0.15, 0.2) is 0 Å². The molecule has 2 rings (SSSR count). The zero-order valence-electron chi connectivity index (χ0n) is 7.83. The summed E-state index contributed by atoms with van der Waals surface area (Å²) in [7, 11) is 0. The van der Waals surface area contributed by atoms with E-state index in [1.54, 1.807) is 0 Å². The highest BCUT2D eigenvalue weighted by Crippen LogP contribution is 2.37. The molecule has 0 heterocycles. The number of hydrogen-bond donors (Lipinski definition) is 0. The highest BCUT2D eigenvalue weighted by atomic mass is 14.3. The van der Waals surface area contributed by atoms with Crippen molar-refractivity contribution in [1.29, 1.82) is 5.26 Å². The van der Waals surface area contributed by atoms with Crippen molar-refractivity contribution in [2.45, 2.75) is 25.7 Å². The number of nitriles is 1. The van der Waals surface area contributed by atoms with Gasteiger partial charge in [-0.25, -0.2) is 0 Å². The first-order valence-electron chi connectivity index (χ1n) is 4.80. The summed E-state index contributed by atoms with van der Waals surface area (Å²) in [6, 6.07) is 10.8. The fourth-order valence-electron chi connectivity index (χ4n) is 2.20. The van der Waals surface area contributed by atoms with Crippen LogP contribution in [0.15, 0.2) is 24.3 Å². The minimum absolute atomic E-state index is 0.156. The topological polar surface area (TPSA) is 23.8 Å². The van der Waals surface area contributed by atoms with E-state index in [1.807, 2.05) is 6.92 Å². The van der Waals surface area contributed by atoms with Gasteiger partial charge in [-0.05, 0) is 30.9 Å². The van der Waals surface area contributed by atoms with E-state index in [0.29, 0.717) is 5.92 Å². The Hall–Kier alpha value is -1.29. The zero-order valence-corrected chi connectivity index (χ0v) is 7.83. The summed E-state index contributed by atoms with van der Waals surface area (Å²) < 4.78 is 0. The van der Waals surface area contributed by atoms with Crippen LogP contribution in [0.25, 0.3) is 0 Å². The van der Waals surface area contributed by atoms with Gasteiger partial charge in [-0.15, -0.1) is 0 Å². The third kappa shape index (κ3) is 1.33. The zero-order chi connectivity index (χ0) is 9.26. The highest BCUT2D eigenvalue weighted by molar-refractivity contribution is 5.36. The van der Waals surface area contributed by atoms with Crippen molar-refractivity contribution in [3.63, 3.8) is 0 Å². The Balaban J connectivity index is 2.34. The second-order valence-electron chi connectivity index (χ2n) is 3.76. The minimum Gasteiger partial charge on any atom is -0.198 e. The van der Waals surface area contributed by atoms with Crippen LogP contribution >= 0.6 is 0 Å². The van der Waals surface area contributed by atoms with Crippen LogP contribution in [0.1, 0.15) is 30.4 Å². The van der Waals surface area contributed by atoms with Crippen molar-refractivity contribution >= 4 is 0 Å². The SMILES string of the molecule is CC(C#N)C1CCc2ccccc21. The minimum atomic E-state index is 0.156. The van der Waals surface area contributed by atoms with Gasteiger partial charge in [0, 0.05) is 5.92 Å². The molecule has 2 unspecified atom stereocenters. The molecule has 1 aromatic carbocycles. The molecule has 0 aliphatic heterocycles. The van der Waals surface area contributed by atoms with Gasteiger partial charge in [0.1, 0.15) is 0 Å². The fraction of sp³-hybridized carbons (Fsp3) is 0.417. The van der Waals surface area contributed by atoms with Gasteiger partial charge < -0.3 is 0 Å². The van der Waals surface area contributed by atoms with Crippen LogP contribution in [0.5, 0.6) is 0 Å². The van der Waals surface area contributed by atoms with Crippen molar-refractivity contribution in [3.8, 4) is 6.07 Å². The molecule has 0 amide bonds. The lowest BCUT2D eigenvalue weighted by molar-refractivity contribution is 0.553. The third-order valence-corrected chi connectivity index (χ3v) is 2.99. The van der Waals surface area contributed by atoms with Crippen molar-refractivity contribution < 1.29 is 0 Å². The molecule has 0 saturated carbocycles. The molecule has 66 valence electrons. The maximum atomic E-state index is 8.87. The van der Waals surface area contributed by atoms with E-state index in [2.05, 4.69) is 30.3 Å². The van der Waals surface area contributed by atoms with E-state index in [4.69, 9.17) is 5.26 Å². The molecule has 1 heteroatoms. The first kappa shape index (κ1) is 8.31. The van der Waals surface area contributed by atoms with E-state index >= 15 is 0 Å². The summed E-state index contributed by atoms with van der Waals surface area (Å²) in [5.74, 6) is 0.629. The van der Waals surface area contributed by atoms with E-state index < -0.39 is 0 Å². The second-order valence-corrected chi connectivity index (χ2v) is 3.76. The normalized spacial score (nSPS) is 22.0. The number of benzene rings is 1. The molecule has 0 fully saturated rings. The molecule has 0 saturated heterocycles. The van der Waals surface area contributed by atoms with Crippen molar-refractivity contribution in [2.24, 2.45) is 5.92 Å². The molecule has 2 atom stereocenters. The summed E-state index contributed by atoms with van der Waals surface area (Å²) in [6.07, 6.45) is 2.29. The highest BCUT2D eigenvalue weighted by Gasteiger charge is 2.26. The molecule has 13 heavy (non-hydrogen) atoms. The molecule has 0 N–H and O–H groups in total. The maximum Gasteiger partial charge on any atom is 0.0659 e. The lowest BCUT2D eigenvalue weighted by Gasteiger charge is -2.12. The Morgan fingerprint density at radius 1 is 1.46 bits per heavy atom. The summed E-state index contributed by atoms with van der Waals surface area (Å²) in [5, 5.41) is 8.87. The van der Waals surface area contributed by atoms with Crippen LogP contribution in [0.3, 0.4) is 0 Å². The van der Waals surface area contributed by atoms with Gasteiger partial charge in [-0.2, -0.15) is 5.26 Å². The summed E-state index contributed by atoms with van der Waals surface area (Å²) in [6.45, 7) is 2.02. The lowest BCUT2D eigenvalue weighted by atomic mass is 9.90. The van der Waals surface area contributed by atoms with Crippen LogP contribution in [-0.4, -0.2) is 0 Å². The van der Waals surface area contributed by atoms with Crippen molar-refractivity contribution in [2.75, 3.05) is 0 Å². The first-order valence-corrected chi connectivity index (χ1v) is 4.80. The van der Waals surface area contributed by atoms with Gasteiger partial charge in [-0.3, -0.25) is 0 Å². The summed E-state index contributed by atoms with van der Waals surface area (Å²) >= 11 is 0. The monoisotopic (exact) mass is 171 g/mol. The van der Waals surface area contributed by atoms with Crippen LogP contribution in [0, 0.1) is 17.2 Å². The number of aryl methyl sites for hydroxylation is 1. The van der Waals surface area contributed by atoms with Gasteiger partial charge in [0.05, 0.1) is 12.0 Å².